The summed E-state index contributed by atoms with van der Waals surface area (Å²) in [6.07, 6.45) is 3.66. The third-order valence-corrected chi connectivity index (χ3v) is 4.82. The van der Waals surface area contributed by atoms with Crippen LogP contribution in [0, 0.1) is 6.92 Å². The molecule has 0 unspecified atom stereocenters. The zero-order valence-corrected chi connectivity index (χ0v) is 15.9. The Hall–Kier alpha value is -3.07. The Kier molecular flexibility index (Phi) is 5.92. The Balaban J connectivity index is 1.54. The molecule has 0 atom stereocenters. The lowest BCUT2D eigenvalue weighted by molar-refractivity contribution is -0.115. The number of aromatic nitrogens is 4. The minimum absolute atomic E-state index is 0.0757. The number of methoxy groups -OCH3 is 1. The Morgan fingerprint density at radius 2 is 2.04 bits per heavy atom. The van der Waals surface area contributed by atoms with E-state index < -0.39 is 0 Å². The number of ether oxygens (including phenoxy) is 1. The van der Waals surface area contributed by atoms with Gasteiger partial charge in [0.2, 0.25) is 11.1 Å². The van der Waals surface area contributed by atoms with Crippen LogP contribution in [0.5, 0.6) is 5.75 Å². The molecular formula is C18H20N6O2S. The second-order valence-corrected chi connectivity index (χ2v) is 6.80. The number of nitrogens with two attached hydrogens (primary N) is 1. The van der Waals surface area contributed by atoms with Crippen LogP contribution in [0.15, 0.2) is 47.9 Å². The summed E-state index contributed by atoms with van der Waals surface area (Å²) in [5, 5.41) is 11.7. The molecule has 9 heteroatoms. The third-order valence-electron chi connectivity index (χ3n) is 3.87. The SMILES string of the molecule is COc1ccc(NC(=O)CCSc2nnc(-c3ccncc3)n2N)c(C)c1. The highest BCUT2D eigenvalue weighted by Gasteiger charge is 2.13. The Labute approximate surface area is 161 Å². The number of carbonyl (C=O) groups excluding carboxylic acids is 1. The lowest BCUT2D eigenvalue weighted by Crippen LogP contribution is -2.14. The van der Waals surface area contributed by atoms with Gasteiger partial charge in [-0.1, -0.05) is 11.8 Å². The van der Waals surface area contributed by atoms with Crippen molar-refractivity contribution in [3.8, 4) is 17.1 Å². The summed E-state index contributed by atoms with van der Waals surface area (Å²) in [6.45, 7) is 1.92. The molecule has 3 N–H and O–H groups in total. The highest BCUT2D eigenvalue weighted by Crippen LogP contribution is 2.23. The van der Waals surface area contributed by atoms with E-state index in [1.54, 1.807) is 19.5 Å². The van der Waals surface area contributed by atoms with Crippen LogP contribution in [0.4, 0.5) is 5.69 Å². The second kappa shape index (κ2) is 8.54. The lowest BCUT2D eigenvalue weighted by atomic mass is 10.2. The summed E-state index contributed by atoms with van der Waals surface area (Å²) in [5.41, 5.74) is 2.55. The van der Waals surface area contributed by atoms with Gasteiger partial charge in [0.1, 0.15) is 5.75 Å². The van der Waals surface area contributed by atoms with Crippen LogP contribution in [0.3, 0.4) is 0 Å². The minimum Gasteiger partial charge on any atom is -0.497 e. The molecular weight excluding hydrogens is 364 g/mol. The van der Waals surface area contributed by atoms with E-state index in [0.29, 0.717) is 23.2 Å². The van der Waals surface area contributed by atoms with Crippen molar-refractivity contribution < 1.29 is 9.53 Å². The van der Waals surface area contributed by atoms with Gasteiger partial charge in [-0.15, -0.1) is 10.2 Å². The molecule has 0 bridgehead atoms. The van der Waals surface area contributed by atoms with Gasteiger partial charge in [0, 0.05) is 35.8 Å². The van der Waals surface area contributed by atoms with E-state index >= 15 is 0 Å². The number of hydrogen-bond acceptors (Lipinski definition) is 7. The van der Waals surface area contributed by atoms with Crippen molar-refractivity contribution in [2.75, 3.05) is 24.0 Å². The molecule has 0 fully saturated rings. The third kappa shape index (κ3) is 4.56. The van der Waals surface area contributed by atoms with E-state index in [4.69, 9.17) is 10.6 Å². The highest BCUT2D eigenvalue weighted by molar-refractivity contribution is 7.99. The van der Waals surface area contributed by atoms with Gasteiger partial charge in [0.25, 0.3) is 0 Å². The van der Waals surface area contributed by atoms with E-state index in [-0.39, 0.29) is 5.91 Å². The van der Waals surface area contributed by atoms with E-state index in [1.165, 1.54) is 16.4 Å². The molecule has 0 saturated carbocycles. The number of aryl methyl sites for hydroxylation is 1. The molecule has 0 aliphatic carbocycles. The van der Waals surface area contributed by atoms with E-state index in [2.05, 4.69) is 20.5 Å². The molecule has 0 spiro atoms. The summed E-state index contributed by atoms with van der Waals surface area (Å²) in [4.78, 5) is 16.2. The standard InChI is InChI=1S/C18H20N6O2S/c1-12-11-14(26-2)3-4-15(12)21-16(25)7-10-27-18-23-22-17(24(18)19)13-5-8-20-9-6-13/h3-6,8-9,11H,7,10,19H2,1-2H3,(H,21,25). The molecule has 27 heavy (non-hydrogen) atoms. The number of thioether (sulfide) groups is 1. The van der Waals surface area contributed by atoms with Crippen molar-refractivity contribution in [2.24, 2.45) is 0 Å². The Morgan fingerprint density at radius 1 is 1.26 bits per heavy atom. The quantitative estimate of drug-likeness (QED) is 0.476. The van der Waals surface area contributed by atoms with Crippen molar-refractivity contribution in [2.45, 2.75) is 18.5 Å². The summed E-state index contributed by atoms with van der Waals surface area (Å²) in [6, 6.07) is 9.15. The van der Waals surface area contributed by atoms with Gasteiger partial charge < -0.3 is 15.9 Å². The van der Waals surface area contributed by atoms with Gasteiger partial charge >= 0.3 is 0 Å². The first-order valence-electron chi connectivity index (χ1n) is 8.26. The van der Waals surface area contributed by atoms with Gasteiger partial charge in [-0.25, -0.2) is 4.68 Å². The first-order valence-corrected chi connectivity index (χ1v) is 9.25. The van der Waals surface area contributed by atoms with Gasteiger partial charge in [-0.2, -0.15) is 0 Å². The Morgan fingerprint density at radius 3 is 2.74 bits per heavy atom. The second-order valence-electron chi connectivity index (χ2n) is 5.74. The zero-order chi connectivity index (χ0) is 19.2. The number of amides is 1. The largest absolute Gasteiger partial charge is 0.497 e. The normalized spacial score (nSPS) is 10.6. The van der Waals surface area contributed by atoms with Gasteiger partial charge in [-0.3, -0.25) is 9.78 Å². The topological polar surface area (TPSA) is 108 Å². The van der Waals surface area contributed by atoms with Crippen LogP contribution in [0.1, 0.15) is 12.0 Å². The maximum Gasteiger partial charge on any atom is 0.225 e. The fourth-order valence-corrected chi connectivity index (χ4v) is 3.22. The first kappa shape index (κ1) is 18.7. The number of carbonyl (C=O) groups is 1. The molecule has 1 aromatic carbocycles. The average molecular weight is 384 g/mol. The zero-order valence-electron chi connectivity index (χ0n) is 15.0. The summed E-state index contributed by atoms with van der Waals surface area (Å²) >= 11 is 1.38. The fourth-order valence-electron chi connectivity index (χ4n) is 2.42. The minimum atomic E-state index is -0.0757. The molecule has 0 aliphatic heterocycles. The van der Waals surface area contributed by atoms with Crippen LogP contribution in [-0.2, 0) is 4.79 Å². The molecule has 1 amide bonds. The number of nitrogens with one attached hydrogen (secondary N) is 1. The molecule has 0 radical (unpaired) electrons. The number of rotatable bonds is 7. The maximum atomic E-state index is 12.2. The summed E-state index contributed by atoms with van der Waals surface area (Å²) in [5.74, 6) is 7.83. The van der Waals surface area contributed by atoms with Crippen LogP contribution >= 0.6 is 11.8 Å². The summed E-state index contributed by atoms with van der Waals surface area (Å²) < 4.78 is 6.59. The maximum absolute atomic E-state index is 12.2. The predicted molar refractivity (Wildman–Crippen MR) is 105 cm³/mol. The van der Waals surface area contributed by atoms with Crippen LogP contribution in [-0.4, -0.2) is 38.6 Å². The molecule has 3 aromatic rings. The van der Waals surface area contributed by atoms with Crippen LogP contribution < -0.4 is 15.9 Å². The van der Waals surface area contributed by atoms with E-state index in [1.807, 2.05) is 37.3 Å². The van der Waals surface area contributed by atoms with Crippen molar-refractivity contribution in [1.29, 1.82) is 0 Å². The van der Waals surface area contributed by atoms with E-state index in [0.717, 1.165) is 22.6 Å². The summed E-state index contributed by atoms with van der Waals surface area (Å²) in [7, 11) is 1.61. The van der Waals surface area contributed by atoms with Gasteiger partial charge in [-0.05, 0) is 42.8 Å². The van der Waals surface area contributed by atoms with Crippen molar-refractivity contribution >= 4 is 23.4 Å². The number of nitrogen functional groups attached to an aromatic ring is 1. The van der Waals surface area contributed by atoms with E-state index in [9.17, 15) is 4.79 Å². The molecule has 0 aliphatic rings. The predicted octanol–water partition coefficient (Wildman–Crippen LogP) is 2.49. The number of nitrogens with zero attached hydrogens (tertiary/aromatic N) is 4. The fraction of sp³-hybridized carbons (Fsp3) is 0.222. The molecule has 8 nitrogen and oxygen atoms in total. The van der Waals surface area contributed by atoms with Gasteiger partial charge in [0.15, 0.2) is 5.82 Å². The molecule has 2 heterocycles. The molecule has 140 valence electrons. The Bertz CT molecular complexity index is 929. The van der Waals surface area contributed by atoms with Gasteiger partial charge in [0.05, 0.1) is 7.11 Å². The number of pyridine rings is 1. The number of benzene rings is 1. The highest BCUT2D eigenvalue weighted by atomic mass is 32.2. The lowest BCUT2D eigenvalue weighted by Gasteiger charge is -2.09. The smallest absolute Gasteiger partial charge is 0.225 e. The molecule has 2 aromatic heterocycles. The number of anilines is 1. The van der Waals surface area contributed by atoms with Crippen LogP contribution in [0.2, 0.25) is 0 Å². The number of hydrogen-bond donors (Lipinski definition) is 2. The van der Waals surface area contributed by atoms with Crippen LogP contribution in [0.25, 0.3) is 11.4 Å². The van der Waals surface area contributed by atoms with Crippen molar-refractivity contribution in [1.82, 2.24) is 19.9 Å². The van der Waals surface area contributed by atoms with Crippen molar-refractivity contribution in [3.05, 3.63) is 48.3 Å². The molecule has 3 rings (SSSR count). The first-order chi connectivity index (χ1) is 13.1. The van der Waals surface area contributed by atoms with Crippen molar-refractivity contribution in [3.63, 3.8) is 0 Å². The monoisotopic (exact) mass is 384 g/mol. The molecule has 0 saturated heterocycles. The average Bonchev–Trinajstić information content (AvgIpc) is 3.04.